The number of benzene rings is 1. The molecule has 0 N–H and O–H groups in total. The minimum Gasteiger partial charge on any atom is -0.333 e. The Labute approximate surface area is 124 Å². The van der Waals surface area contributed by atoms with Gasteiger partial charge in [-0.3, -0.25) is 9.78 Å². The molecule has 0 radical (unpaired) electrons. The number of rotatable bonds is 5. The molecular weight excluding hydrogens is 267 g/mol. The zero-order valence-electron chi connectivity index (χ0n) is 12.3. The van der Waals surface area contributed by atoms with E-state index >= 15 is 0 Å². The zero-order valence-corrected chi connectivity index (χ0v) is 12.3. The van der Waals surface area contributed by atoms with E-state index in [4.69, 9.17) is 0 Å². The maximum Gasteiger partial charge on any atom is 0.223 e. The second-order valence-corrected chi connectivity index (χ2v) is 4.97. The fourth-order valence-corrected chi connectivity index (χ4v) is 2.34. The average Bonchev–Trinajstić information content (AvgIpc) is 2.49. The Balaban J connectivity index is 2.42. The third-order valence-electron chi connectivity index (χ3n) is 3.38. The lowest BCUT2D eigenvalue weighted by molar-refractivity contribution is -0.131. The first kappa shape index (κ1) is 15.2. The number of hydrogen-bond donors (Lipinski definition) is 0. The minimum absolute atomic E-state index is 0.0254. The number of carbonyl (C=O) groups is 1. The normalized spacial score (nSPS) is 12.0. The molecule has 0 fully saturated rings. The molecule has 4 heteroatoms. The molecule has 110 valence electrons. The first-order chi connectivity index (χ1) is 10.1. The van der Waals surface area contributed by atoms with Gasteiger partial charge in [0.25, 0.3) is 0 Å². The molecule has 2 aromatic rings. The lowest BCUT2D eigenvalue weighted by Gasteiger charge is -2.28. The molecule has 0 saturated carbocycles. The Bertz CT molecular complexity index is 601. The highest BCUT2D eigenvalue weighted by molar-refractivity contribution is 5.76. The number of carbonyl (C=O) groups excluding carboxylic acids is 1. The highest BCUT2D eigenvalue weighted by atomic mass is 19.1. The van der Waals surface area contributed by atoms with Crippen LogP contribution < -0.4 is 0 Å². The van der Waals surface area contributed by atoms with Crippen LogP contribution >= 0.6 is 0 Å². The van der Waals surface area contributed by atoms with Crippen LogP contribution in [0.2, 0.25) is 0 Å². The van der Waals surface area contributed by atoms with Crippen LogP contribution in [0.15, 0.2) is 48.7 Å². The van der Waals surface area contributed by atoms with Crippen LogP contribution in [0.3, 0.4) is 0 Å². The first-order valence-electron chi connectivity index (χ1n) is 7.05. The summed E-state index contributed by atoms with van der Waals surface area (Å²) in [6.07, 6.45) is 2.93. The topological polar surface area (TPSA) is 33.2 Å². The van der Waals surface area contributed by atoms with Gasteiger partial charge in [0.2, 0.25) is 5.91 Å². The molecule has 1 aromatic heterocycles. The smallest absolute Gasteiger partial charge is 0.223 e. The van der Waals surface area contributed by atoms with Crippen molar-refractivity contribution in [2.75, 3.05) is 7.05 Å². The van der Waals surface area contributed by atoms with Gasteiger partial charge in [0.05, 0.1) is 11.7 Å². The van der Waals surface area contributed by atoms with E-state index in [0.29, 0.717) is 6.42 Å². The summed E-state index contributed by atoms with van der Waals surface area (Å²) in [7, 11) is 1.74. The third-order valence-corrected chi connectivity index (χ3v) is 3.38. The van der Waals surface area contributed by atoms with Crippen molar-refractivity contribution in [1.82, 2.24) is 9.88 Å². The highest BCUT2D eigenvalue weighted by Crippen LogP contribution is 2.27. The van der Waals surface area contributed by atoms with Crippen molar-refractivity contribution in [3.63, 3.8) is 0 Å². The van der Waals surface area contributed by atoms with Gasteiger partial charge in [0.15, 0.2) is 0 Å². The van der Waals surface area contributed by atoms with Crippen molar-refractivity contribution in [2.24, 2.45) is 0 Å². The highest BCUT2D eigenvalue weighted by Gasteiger charge is 2.24. The van der Waals surface area contributed by atoms with Crippen molar-refractivity contribution >= 4 is 5.91 Å². The van der Waals surface area contributed by atoms with E-state index in [1.165, 1.54) is 12.1 Å². The van der Waals surface area contributed by atoms with Gasteiger partial charge in [0.1, 0.15) is 5.82 Å². The lowest BCUT2D eigenvalue weighted by atomic mass is 10.0. The number of amides is 1. The molecule has 21 heavy (non-hydrogen) atoms. The van der Waals surface area contributed by atoms with Crippen molar-refractivity contribution in [1.29, 1.82) is 0 Å². The molecule has 0 aliphatic carbocycles. The van der Waals surface area contributed by atoms with E-state index in [1.807, 2.05) is 31.2 Å². The van der Waals surface area contributed by atoms with Gasteiger partial charge in [0, 0.05) is 19.7 Å². The fraction of sp³-hybridized carbons (Fsp3) is 0.294. The monoisotopic (exact) mass is 286 g/mol. The van der Waals surface area contributed by atoms with E-state index in [1.54, 1.807) is 24.2 Å². The molecular formula is C17H19FN2O. The molecule has 0 aliphatic rings. The summed E-state index contributed by atoms with van der Waals surface area (Å²) in [6.45, 7) is 1.96. The second kappa shape index (κ2) is 6.97. The van der Waals surface area contributed by atoms with Crippen molar-refractivity contribution in [2.45, 2.75) is 25.8 Å². The Morgan fingerprint density at radius 3 is 2.71 bits per heavy atom. The van der Waals surface area contributed by atoms with E-state index in [9.17, 15) is 9.18 Å². The van der Waals surface area contributed by atoms with Gasteiger partial charge < -0.3 is 4.90 Å². The molecule has 1 amide bonds. The fourth-order valence-electron chi connectivity index (χ4n) is 2.34. The Kier molecular flexibility index (Phi) is 5.04. The Morgan fingerprint density at radius 1 is 1.29 bits per heavy atom. The van der Waals surface area contributed by atoms with Crippen LogP contribution in [-0.2, 0) is 4.79 Å². The summed E-state index contributed by atoms with van der Waals surface area (Å²) in [4.78, 5) is 18.2. The minimum atomic E-state index is -0.374. The maximum atomic E-state index is 13.5. The SMILES string of the molecule is CCCC(=O)N(C)[C@@H](c1cccc(F)c1)c1ccccn1. The molecule has 0 unspecified atom stereocenters. The molecule has 0 aliphatic heterocycles. The number of aromatic nitrogens is 1. The van der Waals surface area contributed by atoms with Crippen LogP contribution in [0.1, 0.15) is 37.1 Å². The summed E-state index contributed by atoms with van der Waals surface area (Å²) in [5.74, 6) is -0.290. The van der Waals surface area contributed by atoms with E-state index in [0.717, 1.165) is 17.7 Å². The van der Waals surface area contributed by atoms with Gasteiger partial charge in [-0.15, -0.1) is 0 Å². The van der Waals surface area contributed by atoms with Crippen LogP contribution in [-0.4, -0.2) is 22.8 Å². The van der Waals surface area contributed by atoms with Gasteiger partial charge >= 0.3 is 0 Å². The molecule has 0 bridgehead atoms. The van der Waals surface area contributed by atoms with Crippen molar-refractivity contribution in [3.8, 4) is 0 Å². The van der Waals surface area contributed by atoms with Crippen molar-refractivity contribution in [3.05, 3.63) is 65.7 Å². The molecule has 1 aromatic carbocycles. The molecule has 1 heterocycles. The number of nitrogens with zero attached hydrogens (tertiary/aromatic N) is 2. The maximum absolute atomic E-state index is 13.5. The van der Waals surface area contributed by atoms with Crippen LogP contribution in [0, 0.1) is 5.82 Å². The van der Waals surface area contributed by atoms with Crippen LogP contribution in [0.5, 0.6) is 0 Å². The second-order valence-electron chi connectivity index (χ2n) is 4.97. The number of pyridine rings is 1. The van der Waals surface area contributed by atoms with Crippen LogP contribution in [0.25, 0.3) is 0 Å². The third kappa shape index (κ3) is 3.66. The van der Waals surface area contributed by atoms with Gasteiger partial charge in [-0.2, -0.15) is 0 Å². The summed E-state index contributed by atoms with van der Waals surface area (Å²) >= 11 is 0. The number of halogens is 1. The van der Waals surface area contributed by atoms with E-state index < -0.39 is 0 Å². The summed E-state index contributed by atoms with van der Waals surface area (Å²) < 4.78 is 13.5. The molecule has 0 saturated heterocycles. The van der Waals surface area contributed by atoms with Crippen molar-refractivity contribution < 1.29 is 9.18 Å². The van der Waals surface area contributed by atoms with E-state index in [2.05, 4.69) is 4.98 Å². The largest absolute Gasteiger partial charge is 0.333 e. The van der Waals surface area contributed by atoms with Crippen LogP contribution in [0.4, 0.5) is 4.39 Å². The van der Waals surface area contributed by atoms with E-state index in [-0.39, 0.29) is 17.8 Å². The number of hydrogen-bond acceptors (Lipinski definition) is 2. The summed E-state index contributed by atoms with van der Waals surface area (Å²) in [6, 6.07) is 11.5. The van der Waals surface area contributed by atoms with Gasteiger partial charge in [-0.25, -0.2) is 4.39 Å². The quantitative estimate of drug-likeness (QED) is 0.842. The first-order valence-corrected chi connectivity index (χ1v) is 7.05. The lowest BCUT2D eigenvalue weighted by Crippen LogP contribution is -2.32. The predicted octanol–water partition coefficient (Wildman–Crippen LogP) is 3.57. The molecule has 2 rings (SSSR count). The summed E-state index contributed by atoms with van der Waals surface area (Å²) in [5.41, 5.74) is 1.45. The molecule has 0 spiro atoms. The van der Waals surface area contributed by atoms with Gasteiger partial charge in [-0.05, 0) is 36.2 Å². The molecule has 3 nitrogen and oxygen atoms in total. The van der Waals surface area contributed by atoms with Gasteiger partial charge in [-0.1, -0.05) is 25.1 Å². The Morgan fingerprint density at radius 2 is 2.10 bits per heavy atom. The zero-order chi connectivity index (χ0) is 15.2. The Hall–Kier alpha value is -2.23. The molecule has 1 atom stereocenters. The average molecular weight is 286 g/mol. The summed E-state index contributed by atoms with van der Waals surface area (Å²) in [5, 5.41) is 0. The standard InChI is InChI=1S/C17H19FN2O/c1-3-7-16(21)20(2)17(15-10-4-5-11-19-15)13-8-6-9-14(18)12-13/h4-6,8-12,17H,3,7H2,1-2H3/t17-/m0/s1. The predicted molar refractivity (Wildman–Crippen MR) is 80.2 cm³/mol.